The third kappa shape index (κ3) is 3.81. The smallest absolute Gasteiger partial charge is 0.171 e. The summed E-state index contributed by atoms with van der Waals surface area (Å²) in [4.78, 5) is 14.5. The Kier molecular flexibility index (Phi) is 4.93. The second-order valence-corrected chi connectivity index (χ2v) is 10.4. The summed E-state index contributed by atoms with van der Waals surface area (Å²) in [5, 5.41) is 2.40. The van der Waals surface area contributed by atoms with Gasteiger partial charge in [0.05, 0.1) is 0 Å². The molecular weight excluding hydrogens is 502 g/mol. The Morgan fingerprint density at radius 1 is 0.410 bits per heavy atom. The first-order valence-corrected chi connectivity index (χ1v) is 13.4. The summed E-state index contributed by atoms with van der Waals surface area (Å²) in [7, 11) is 0. The molecule has 0 spiro atoms. The molecule has 0 N–H and O–H groups in total. The van der Waals surface area contributed by atoms with Crippen molar-refractivity contribution in [3.8, 4) is 57.2 Å². The van der Waals surface area contributed by atoms with E-state index in [0.29, 0.717) is 40.5 Å². The molecule has 2 aromatic heterocycles. The molecule has 1 aliphatic rings. The van der Waals surface area contributed by atoms with Crippen LogP contribution in [-0.2, 0) is 0 Å². The van der Waals surface area contributed by atoms with E-state index in [4.69, 9.17) is 24.4 Å². The van der Waals surface area contributed by atoms with Crippen molar-refractivity contribution in [3.63, 3.8) is 0 Å². The lowest BCUT2D eigenvalue weighted by molar-refractivity contribution is 0.360. The Morgan fingerprint density at radius 2 is 0.974 bits per heavy atom. The number of thiophene rings is 1. The zero-order chi connectivity index (χ0) is 25.8. The van der Waals surface area contributed by atoms with E-state index in [2.05, 4.69) is 36.4 Å². The van der Waals surface area contributed by atoms with Gasteiger partial charge in [0.1, 0.15) is 0 Å². The molecule has 6 heteroatoms. The number of nitrogens with zero attached hydrogens (tertiary/aromatic N) is 3. The average Bonchev–Trinajstić information content (AvgIpc) is 3.36. The minimum Gasteiger partial charge on any atom is -0.449 e. The molecule has 5 aromatic carbocycles. The molecule has 0 radical (unpaired) electrons. The van der Waals surface area contributed by atoms with Crippen LogP contribution in [0.2, 0.25) is 0 Å². The highest BCUT2D eigenvalue weighted by atomic mass is 32.1. The highest BCUT2D eigenvalue weighted by Crippen LogP contribution is 2.49. The van der Waals surface area contributed by atoms with Crippen LogP contribution in [0.25, 0.3) is 54.3 Å². The lowest BCUT2D eigenvalue weighted by Gasteiger charge is -2.21. The Labute approximate surface area is 228 Å². The predicted molar refractivity (Wildman–Crippen MR) is 156 cm³/mol. The van der Waals surface area contributed by atoms with Crippen molar-refractivity contribution in [2.45, 2.75) is 0 Å². The van der Waals surface area contributed by atoms with E-state index in [1.165, 1.54) is 15.5 Å². The minimum atomic E-state index is 0.569. The van der Waals surface area contributed by atoms with Gasteiger partial charge in [-0.2, -0.15) is 0 Å². The summed E-state index contributed by atoms with van der Waals surface area (Å²) in [6.45, 7) is 0. The molecule has 184 valence electrons. The van der Waals surface area contributed by atoms with Crippen molar-refractivity contribution in [1.82, 2.24) is 15.0 Å². The highest BCUT2D eigenvalue weighted by molar-refractivity contribution is 7.25. The van der Waals surface area contributed by atoms with Crippen LogP contribution in [0.3, 0.4) is 0 Å². The molecule has 0 amide bonds. The van der Waals surface area contributed by atoms with Gasteiger partial charge in [0.25, 0.3) is 0 Å². The molecule has 39 heavy (non-hydrogen) atoms. The summed E-state index contributed by atoms with van der Waals surface area (Å²) in [5.41, 5.74) is 2.68. The van der Waals surface area contributed by atoms with Crippen molar-refractivity contribution in [2.24, 2.45) is 0 Å². The molecule has 5 nitrogen and oxygen atoms in total. The average molecular weight is 522 g/mol. The van der Waals surface area contributed by atoms with Crippen LogP contribution in [0, 0.1) is 0 Å². The van der Waals surface area contributed by atoms with Crippen molar-refractivity contribution in [3.05, 3.63) is 115 Å². The van der Waals surface area contributed by atoms with E-state index < -0.39 is 0 Å². The molecule has 3 heterocycles. The Hall–Kier alpha value is -5.07. The molecule has 0 aliphatic carbocycles. The molecule has 7 aromatic rings. The zero-order valence-corrected chi connectivity index (χ0v) is 21.4. The van der Waals surface area contributed by atoms with Gasteiger partial charge in [-0.05, 0) is 30.3 Å². The maximum Gasteiger partial charge on any atom is 0.171 e. The van der Waals surface area contributed by atoms with Gasteiger partial charge in [0.15, 0.2) is 40.5 Å². The number of hydrogen-bond donors (Lipinski definition) is 0. The summed E-state index contributed by atoms with van der Waals surface area (Å²) in [6, 6.07) is 38.3. The van der Waals surface area contributed by atoms with Crippen LogP contribution < -0.4 is 9.47 Å². The first-order valence-electron chi connectivity index (χ1n) is 12.6. The van der Waals surface area contributed by atoms with E-state index in [1.54, 1.807) is 11.3 Å². The summed E-state index contributed by atoms with van der Waals surface area (Å²) < 4.78 is 15.1. The SMILES string of the molecule is c1ccc(-c2nc(-c3ccccc3)nc(-c3ccc4c(c3)Oc3cc5sc6ccccc6c5cc3O4)n2)cc1. The largest absolute Gasteiger partial charge is 0.449 e. The Bertz CT molecular complexity index is 1960. The predicted octanol–water partition coefficient (Wildman–Crippen LogP) is 9.14. The van der Waals surface area contributed by atoms with Crippen LogP contribution in [0.4, 0.5) is 0 Å². The van der Waals surface area contributed by atoms with E-state index in [1.807, 2.05) is 78.9 Å². The standard InChI is InChI=1S/C33H19N3O2S/c1-3-9-20(10-4-1)31-34-32(21-11-5-2-6-12-21)36-33(35-31)22-15-16-25-26(17-22)38-28-19-30-24(18-27(28)37-25)23-13-7-8-14-29(23)39-30/h1-19H. The van der Waals surface area contributed by atoms with Gasteiger partial charge in [0.2, 0.25) is 0 Å². The maximum atomic E-state index is 6.38. The number of fused-ring (bicyclic) bond motifs is 5. The molecule has 0 saturated carbocycles. The molecule has 1 aliphatic heterocycles. The highest BCUT2D eigenvalue weighted by Gasteiger charge is 2.22. The molecular formula is C33H19N3O2S. The topological polar surface area (TPSA) is 57.1 Å². The second kappa shape index (κ2) is 8.75. The molecule has 0 saturated heterocycles. The molecule has 0 fully saturated rings. The van der Waals surface area contributed by atoms with Crippen LogP contribution in [0.5, 0.6) is 23.0 Å². The lowest BCUT2D eigenvalue weighted by Crippen LogP contribution is -2.02. The van der Waals surface area contributed by atoms with Gasteiger partial charge < -0.3 is 9.47 Å². The van der Waals surface area contributed by atoms with Crippen molar-refractivity contribution in [1.29, 1.82) is 0 Å². The van der Waals surface area contributed by atoms with Crippen molar-refractivity contribution >= 4 is 31.5 Å². The lowest BCUT2D eigenvalue weighted by atomic mass is 10.1. The summed E-state index contributed by atoms with van der Waals surface area (Å²) in [6.07, 6.45) is 0. The minimum absolute atomic E-state index is 0.569. The van der Waals surface area contributed by atoms with Gasteiger partial charge in [-0.1, -0.05) is 78.9 Å². The molecule has 0 atom stereocenters. The summed E-state index contributed by atoms with van der Waals surface area (Å²) >= 11 is 1.75. The maximum absolute atomic E-state index is 6.38. The fraction of sp³-hybridized carbons (Fsp3) is 0. The fourth-order valence-corrected chi connectivity index (χ4v) is 5.99. The normalized spacial score (nSPS) is 12.0. The Balaban J connectivity index is 1.22. The number of aromatic nitrogens is 3. The third-order valence-electron chi connectivity index (χ3n) is 6.78. The van der Waals surface area contributed by atoms with Crippen LogP contribution in [-0.4, -0.2) is 15.0 Å². The molecule has 0 unspecified atom stereocenters. The molecule has 0 bridgehead atoms. The zero-order valence-electron chi connectivity index (χ0n) is 20.5. The van der Waals surface area contributed by atoms with Crippen molar-refractivity contribution in [2.75, 3.05) is 0 Å². The van der Waals surface area contributed by atoms with Gasteiger partial charge in [-0.3, -0.25) is 0 Å². The first kappa shape index (κ1) is 22.0. The number of ether oxygens (including phenoxy) is 2. The Morgan fingerprint density at radius 3 is 1.69 bits per heavy atom. The first-order chi connectivity index (χ1) is 19.3. The number of hydrogen-bond acceptors (Lipinski definition) is 6. The van der Waals surface area contributed by atoms with Crippen molar-refractivity contribution < 1.29 is 9.47 Å². The van der Waals surface area contributed by atoms with E-state index in [9.17, 15) is 0 Å². The van der Waals surface area contributed by atoms with Gasteiger partial charge >= 0.3 is 0 Å². The molecule has 8 rings (SSSR count). The van der Waals surface area contributed by atoms with Crippen LogP contribution in [0.1, 0.15) is 0 Å². The van der Waals surface area contributed by atoms with E-state index in [-0.39, 0.29) is 0 Å². The number of rotatable bonds is 3. The van der Waals surface area contributed by atoms with E-state index >= 15 is 0 Å². The third-order valence-corrected chi connectivity index (χ3v) is 7.92. The summed E-state index contributed by atoms with van der Waals surface area (Å²) in [5.74, 6) is 4.50. The van der Waals surface area contributed by atoms with Gasteiger partial charge in [-0.25, -0.2) is 15.0 Å². The monoisotopic (exact) mass is 521 g/mol. The van der Waals surface area contributed by atoms with Gasteiger partial charge in [0, 0.05) is 42.9 Å². The number of benzene rings is 5. The fourth-order valence-electron chi connectivity index (χ4n) is 4.88. The van der Waals surface area contributed by atoms with Crippen LogP contribution >= 0.6 is 11.3 Å². The second-order valence-electron chi connectivity index (χ2n) is 9.30. The van der Waals surface area contributed by atoms with Gasteiger partial charge in [-0.15, -0.1) is 11.3 Å². The quantitative estimate of drug-likeness (QED) is 0.232. The van der Waals surface area contributed by atoms with Crippen LogP contribution in [0.15, 0.2) is 115 Å². The van der Waals surface area contributed by atoms with E-state index in [0.717, 1.165) is 21.4 Å².